The van der Waals surface area contributed by atoms with Crippen LogP contribution in [0.5, 0.6) is 0 Å². The number of aliphatic imine (C=N–C) groups is 2. The van der Waals surface area contributed by atoms with E-state index in [1.54, 1.807) is 13.3 Å². The van der Waals surface area contributed by atoms with E-state index in [1.807, 2.05) is 76.2 Å². The van der Waals surface area contributed by atoms with Gasteiger partial charge >= 0.3 is 0 Å². The molecule has 0 saturated carbocycles. The Labute approximate surface area is 268 Å². The molecule has 2 aromatic heterocycles. The second-order valence-electron chi connectivity index (χ2n) is 10.3. The highest BCUT2D eigenvalue weighted by atomic mass is 32.1. The van der Waals surface area contributed by atoms with E-state index in [0.29, 0.717) is 32.9 Å². The highest BCUT2D eigenvalue weighted by Gasteiger charge is 2.14. The summed E-state index contributed by atoms with van der Waals surface area (Å²) in [6, 6.07) is 8.01. The molecule has 1 aliphatic heterocycles. The average molecular weight is 630 g/mol. The SMILES string of the molecule is CC(=NCC(=S)N(C)C)c1ncccc1CN1CCOCC1.COCCOCc1cccnc1C(C)=NCC(=S)N(C)C. The monoisotopic (exact) mass is 629 g/mol. The van der Waals surface area contributed by atoms with Crippen molar-refractivity contribution < 1.29 is 14.2 Å². The molecule has 1 fully saturated rings. The normalized spacial score (nSPS) is 14.1. The summed E-state index contributed by atoms with van der Waals surface area (Å²) in [4.78, 5) is 25.8. The largest absolute Gasteiger partial charge is 0.382 e. The first kappa shape index (κ1) is 36.5. The third-order valence-corrected chi connectivity index (χ3v) is 7.54. The minimum absolute atomic E-state index is 0.495. The topological polar surface area (TPSA) is 87.9 Å². The minimum atomic E-state index is 0.495. The first-order valence-electron chi connectivity index (χ1n) is 14.3. The molecule has 0 aromatic carbocycles. The third kappa shape index (κ3) is 13.6. The summed E-state index contributed by atoms with van der Waals surface area (Å²) < 4.78 is 15.9. The molecule has 0 atom stereocenters. The quantitative estimate of drug-likeness (QED) is 0.186. The molecule has 0 N–H and O–H groups in total. The number of aromatic nitrogens is 2. The number of likely N-dealkylation sites (N-methyl/N-ethyl adjacent to an activating group) is 2. The van der Waals surface area contributed by atoms with Crippen molar-refractivity contribution in [2.24, 2.45) is 9.98 Å². The molecule has 3 rings (SSSR count). The molecule has 0 amide bonds. The van der Waals surface area contributed by atoms with E-state index in [-0.39, 0.29) is 0 Å². The van der Waals surface area contributed by atoms with Gasteiger partial charge in [-0.1, -0.05) is 36.6 Å². The molecular weight excluding hydrogens is 583 g/mol. The Morgan fingerprint density at radius 3 is 1.88 bits per heavy atom. The van der Waals surface area contributed by atoms with Gasteiger partial charge in [0.1, 0.15) is 0 Å². The number of nitrogens with zero attached hydrogens (tertiary/aromatic N) is 7. The van der Waals surface area contributed by atoms with Crippen molar-refractivity contribution in [2.45, 2.75) is 27.0 Å². The van der Waals surface area contributed by atoms with Gasteiger partial charge in [0, 0.05) is 72.9 Å². The number of morpholine rings is 1. The van der Waals surface area contributed by atoms with Gasteiger partial charge in [0.25, 0.3) is 0 Å². The van der Waals surface area contributed by atoms with Gasteiger partial charge in [-0.3, -0.25) is 24.9 Å². The van der Waals surface area contributed by atoms with Crippen LogP contribution in [0.25, 0.3) is 0 Å². The highest BCUT2D eigenvalue weighted by Crippen LogP contribution is 2.12. The van der Waals surface area contributed by atoms with Gasteiger partial charge in [-0.25, -0.2) is 0 Å². The van der Waals surface area contributed by atoms with Crippen LogP contribution in [-0.2, 0) is 27.4 Å². The molecule has 10 nitrogen and oxygen atoms in total. The lowest BCUT2D eigenvalue weighted by atomic mass is 10.1. The molecule has 3 heterocycles. The first-order chi connectivity index (χ1) is 20.6. The number of hydrogen-bond acceptors (Lipinski definition) is 10. The second kappa shape index (κ2) is 20.3. The van der Waals surface area contributed by atoms with Crippen LogP contribution in [0.4, 0.5) is 0 Å². The molecular formula is C31H47N7O3S2. The van der Waals surface area contributed by atoms with Gasteiger partial charge in [0.05, 0.1) is 78.9 Å². The molecule has 1 aliphatic rings. The lowest BCUT2D eigenvalue weighted by Crippen LogP contribution is -2.36. The molecule has 0 spiro atoms. The molecule has 2 aromatic rings. The fourth-order valence-corrected chi connectivity index (χ4v) is 4.03. The maximum atomic E-state index is 5.56. The van der Waals surface area contributed by atoms with Gasteiger partial charge < -0.3 is 24.0 Å². The van der Waals surface area contributed by atoms with Gasteiger partial charge in [-0.2, -0.15) is 0 Å². The van der Waals surface area contributed by atoms with E-state index >= 15 is 0 Å². The van der Waals surface area contributed by atoms with Crippen molar-refractivity contribution in [3.8, 4) is 0 Å². The van der Waals surface area contributed by atoms with E-state index in [9.17, 15) is 0 Å². The van der Waals surface area contributed by atoms with Crippen LogP contribution < -0.4 is 0 Å². The fraction of sp³-hybridized carbons (Fsp3) is 0.548. The smallest absolute Gasteiger partial charge is 0.0992 e. The number of hydrogen-bond donors (Lipinski definition) is 0. The summed E-state index contributed by atoms with van der Waals surface area (Å²) >= 11 is 10.5. The van der Waals surface area contributed by atoms with Gasteiger partial charge in [0.15, 0.2) is 0 Å². The Hall–Kier alpha value is -2.74. The van der Waals surface area contributed by atoms with Crippen LogP contribution in [0.15, 0.2) is 46.6 Å². The Morgan fingerprint density at radius 2 is 1.37 bits per heavy atom. The zero-order chi connectivity index (χ0) is 31.6. The zero-order valence-corrected chi connectivity index (χ0v) is 28.3. The Morgan fingerprint density at radius 1 is 0.860 bits per heavy atom. The van der Waals surface area contributed by atoms with Crippen LogP contribution in [0, 0.1) is 0 Å². The fourth-order valence-electron chi connectivity index (χ4n) is 3.90. The van der Waals surface area contributed by atoms with Gasteiger partial charge in [-0.15, -0.1) is 0 Å². The molecule has 0 unspecified atom stereocenters. The van der Waals surface area contributed by atoms with Crippen LogP contribution in [0.1, 0.15) is 36.4 Å². The highest BCUT2D eigenvalue weighted by molar-refractivity contribution is 7.80. The summed E-state index contributed by atoms with van der Waals surface area (Å²) in [6.45, 7) is 11.0. The summed E-state index contributed by atoms with van der Waals surface area (Å²) in [5, 5.41) is 0. The van der Waals surface area contributed by atoms with Crippen molar-refractivity contribution in [1.29, 1.82) is 0 Å². The molecule has 0 aliphatic carbocycles. The number of pyridine rings is 2. The van der Waals surface area contributed by atoms with Crippen LogP contribution in [0.3, 0.4) is 0 Å². The molecule has 0 radical (unpaired) electrons. The lowest BCUT2D eigenvalue weighted by Gasteiger charge is -2.27. The predicted molar refractivity (Wildman–Crippen MR) is 183 cm³/mol. The zero-order valence-electron chi connectivity index (χ0n) is 26.7. The second-order valence-corrected chi connectivity index (χ2v) is 11.3. The molecule has 43 heavy (non-hydrogen) atoms. The minimum Gasteiger partial charge on any atom is -0.382 e. The van der Waals surface area contributed by atoms with Crippen molar-refractivity contribution in [1.82, 2.24) is 24.7 Å². The van der Waals surface area contributed by atoms with Crippen molar-refractivity contribution in [2.75, 3.05) is 87.9 Å². The van der Waals surface area contributed by atoms with Crippen LogP contribution >= 0.6 is 24.4 Å². The van der Waals surface area contributed by atoms with Gasteiger partial charge in [0.2, 0.25) is 0 Å². The van der Waals surface area contributed by atoms with E-state index in [0.717, 1.165) is 71.2 Å². The van der Waals surface area contributed by atoms with E-state index < -0.39 is 0 Å². The third-order valence-electron chi connectivity index (χ3n) is 6.56. The summed E-state index contributed by atoms with van der Waals surface area (Å²) in [6.07, 6.45) is 3.58. The molecule has 1 saturated heterocycles. The maximum Gasteiger partial charge on any atom is 0.0992 e. The summed E-state index contributed by atoms with van der Waals surface area (Å²) in [5.41, 5.74) is 5.86. The van der Waals surface area contributed by atoms with E-state index in [4.69, 9.17) is 38.6 Å². The molecule has 12 heteroatoms. The Kier molecular flexibility index (Phi) is 17.2. The Bertz CT molecular complexity index is 1220. The standard InChI is InChI=1S/C16H24N4OS.C15H23N3O2S/c1-13(18-11-15(22)19(2)3)16-14(5-4-6-17-16)12-20-7-9-21-10-8-20;1-12(17-10-14(21)18(2)3)15-13(6-5-7-16-15)11-20-9-8-19-4/h4-6H,7-12H2,1-3H3;5-7H,8-11H2,1-4H3. The summed E-state index contributed by atoms with van der Waals surface area (Å²) in [5.74, 6) is 0. The predicted octanol–water partition coefficient (Wildman–Crippen LogP) is 3.55. The molecule has 0 bridgehead atoms. The molecule has 236 valence electrons. The van der Waals surface area contributed by atoms with Crippen molar-refractivity contribution >= 4 is 45.8 Å². The van der Waals surface area contributed by atoms with Crippen molar-refractivity contribution in [3.05, 3.63) is 59.2 Å². The lowest BCUT2D eigenvalue weighted by molar-refractivity contribution is 0.0341. The number of methoxy groups -OCH3 is 1. The van der Waals surface area contributed by atoms with Crippen LogP contribution in [-0.4, -0.2) is 134 Å². The number of ether oxygens (including phenoxy) is 3. The summed E-state index contributed by atoms with van der Waals surface area (Å²) in [7, 11) is 9.38. The maximum absolute atomic E-state index is 5.56. The first-order valence-corrected chi connectivity index (χ1v) is 15.1. The van der Waals surface area contributed by atoms with Crippen molar-refractivity contribution in [3.63, 3.8) is 0 Å². The van der Waals surface area contributed by atoms with E-state index in [1.165, 1.54) is 5.56 Å². The van der Waals surface area contributed by atoms with Gasteiger partial charge in [-0.05, 0) is 31.5 Å². The Balaban J connectivity index is 0.000000301. The number of rotatable bonds is 13. The van der Waals surface area contributed by atoms with Crippen LogP contribution in [0.2, 0.25) is 0 Å². The average Bonchev–Trinajstić information content (AvgIpc) is 3.01. The number of thiocarbonyl (C=S) groups is 2. The van der Waals surface area contributed by atoms with E-state index in [2.05, 4.69) is 30.9 Å².